The van der Waals surface area contributed by atoms with Crippen LogP contribution in [0.1, 0.15) is 28.7 Å². The van der Waals surface area contributed by atoms with Crippen molar-refractivity contribution in [3.63, 3.8) is 0 Å². The van der Waals surface area contributed by atoms with Crippen molar-refractivity contribution in [3.8, 4) is 0 Å². The molecule has 0 aromatic carbocycles. The van der Waals surface area contributed by atoms with Crippen LogP contribution in [0.5, 0.6) is 0 Å². The minimum absolute atomic E-state index is 0.111. The van der Waals surface area contributed by atoms with E-state index in [-0.39, 0.29) is 18.3 Å². The molecule has 0 bridgehead atoms. The zero-order valence-corrected chi connectivity index (χ0v) is 15.2. The Hall–Kier alpha value is -3.57. The van der Waals surface area contributed by atoms with E-state index in [0.717, 1.165) is 17.8 Å². The van der Waals surface area contributed by atoms with Gasteiger partial charge in [0.25, 0.3) is 5.91 Å². The first-order valence-electron chi connectivity index (χ1n) is 8.23. The summed E-state index contributed by atoms with van der Waals surface area (Å²) in [4.78, 5) is 27.7. The first-order chi connectivity index (χ1) is 12.9. The van der Waals surface area contributed by atoms with Gasteiger partial charge in [0.05, 0.1) is 6.20 Å². The summed E-state index contributed by atoms with van der Waals surface area (Å²) in [5, 5.41) is 22.8. The third-order valence-corrected chi connectivity index (χ3v) is 4.10. The molecule has 0 aliphatic rings. The van der Waals surface area contributed by atoms with Crippen molar-refractivity contribution < 1.29 is 9.72 Å². The van der Waals surface area contributed by atoms with Crippen molar-refractivity contribution in [2.75, 3.05) is 7.05 Å². The molecule has 0 aliphatic heterocycles. The van der Waals surface area contributed by atoms with Crippen molar-refractivity contribution in [1.29, 1.82) is 0 Å². The average molecular weight is 373 g/mol. The predicted octanol–water partition coefficient (Wildman–Crippen LogP) is 0.686. The molecule has 3 heterocycles. The van der Waals surface area contributed by atoms with Crippen molar-refractivity contribution >= 4 is 11.9 Å². The molecule has 0 radical (unpaired) electrons. The van der Waals surface area contributed by atoms with Gasteiger partial charge in [-0.3, -0.25) is 9.48 Å². The van der Waals surface area contributed by atoms with Gasteiger partial charge in [-0.2, -0.15) is 14.9 Å². The van der Waals surface area contributed by atoms with Gasteiger partial charge in [-0.05, 0) is 24.8 Å². The molecule has 3 aromatic rings. The molecule has 27 heavy (non-hydrogen) atoms. The van der Waals surface area contributed by atoms with E-state index in [2.05, 4.69) is 20.3 Å². The van der Waals surface area contributed by atoms with Crippen LogP contribution in [0.4, 0.5) is 5.95 Å². The molecule has 1 amide bonds. The van der Waals surface area contributed by atoms with E-state index >= 15 is 0 Å². The molecule has 142 valence electrons. The van der Waals surface area contributed by atoms with E-state index in [0.29, 0.717) is 6.54 Å². The topological polar surface area (TPSA) is 130 Å². The quantitative estimate of drug-likeness (QED) is 0.440. The van der Waals surface area contributed by atoms with Gasteiger partial charge in [0.2, 0.25) is 6.33 Å². The SMILES string of the molecule is CCn1ncc(CN(C)C(=O)c2ccn(Cn3cnc([N+](=O)[O-])n3)n2)c1C. The molecule has 0 saturated heterocycles. The third-order valence-electron chi connectivity index (χ3n) is 4.10. The molecule has 0 saturated carbocycles. The second-order valence-electron chi connectivity index (χ2n) is 5.96. The van der Waals surface area contributed by atoms with Gasteiger partial charge in [-0.25, -0.2) is 4.68 Å². The fourth-order valence-electron chi connectivity index (χ4n) is 2.62. The largest absolute Gasteiger partial charge is 0.491 e. The molecule has 0 unspecified atom stereocenters. The highest BCUT2D eigenvalue weighted by atomic mass is 16.6. The number of carbonyl (C=O) groups excluding carboxylic acids is 1. The second-order valence-corrected chi connectivity index (χ2v) is 5.96. The van der Waals surface area contributed by atoms with Gasteiger partial charge in [0.1, 0.15) is 5.69 Å². The minimum Gasteiger partial charge on any atom is -0.390 e. The van der Waals surface area contributed by atoms with Gasteiger partial charge >= 0.3 is 5.95 Å². The fourth-order valence-corrected chi connectivity index (χ4v) is 2.62. The highest BCUT2D eigenvalue weighted by Gasteiger charge is 2.18. The van der Waals surface area contributed by atoms with Crippen LogP contribution in [0.2, 0.25) is 0 Å². The standard InChI is InChI=1S/C15H19N9O3/c1-4-23-11(2)12(7-17-23)8-20(3)14(25)13-5-6-21(18-13)10-22-9-16-15(19-22)24(26)27/h5-7,9H,4,8,10H2,1-3H3. The van der Waals surface area contributed by atoms with Crippen LogP contribution in [0.25, 0.3) is 0 Å². The first kappa shape index (κ1) is 18.2. The summed E-state index contributed by atoms with van der Waals surface area (Å²) in [6.45, 7) is 5.28. The lowest BCUT2D eigenvalue weighted by Gasteiger charge is -2.15. The Kier molecular flexibility index (Phi) is 4.96. The van der Waals surface area contributed by atoms with Crippen LogP contribution in [0, 0.1) is 17.0 Å². The molecule has 3 aromatic heterocycles. The smallest absolute Gasteiger partial charge is 0.390 e. The van der Waals surface area contributed by atoms with Crippen LogP contribution in [0.15, 0.2) is 24.8 Å². The molecule has 0 atom stereocenters. The molecule has 0 aliphatic carbocycles. The molecule has 0 fully saturated rings. The lowest BCUT2D eigenvalue weighted by Crippen LogP contribution is -2.27. The Morgan fingerprint density at radius 2 is 2.11 bits per heavy atom. The number of aryl methyl sites for hydroxylation is 1. The fraction of sp³-hybridized carbons (Fsp3) is 0.400. The zero-order valence-electron chi connectivity index (χ0n) is 15.2. The van der Waals surface area contributed by atoms with E-state index < -0.39 is 10.9 Å². The summed E-state index contributed by atoms with van der Waals surface area (Å²) >= 11 is 0. The monoisotopic (exact) mass is 373 g/mol. The van der Waals surface area contributed by atoms with E-state index in [9.17, 15) is 14.9 Å². The minimum atomic E-state index is -0.674. The molecule has 0 N–H and O–H groups in total. The normalized spacial score (nSPS) is 10.9. The van der Waals surface area contributed by atoms with Gasteiger partial charge < -0.3 is 15.0 Å². The predicted molar refractivity (Wildman–Crippen MR) is 92.7 cm³/mol. The van der Waals surface area contributed by atoms with E-state index in [1.165, 1.54) is 15.7 Å². The molecule has 0 spiro atoms. The molecular weight excluding hydrogens is 354 g/mol. The average Bonchev–Trinajstić information content (AvgIpc) is 3.36. The van der Waals surface area contributed by atoms with Crippen LogP contribution in [-0.2, 0) is 19.8 Å². The van der Waals surface area contributed by atoms with E-state index in [1.807, 2.05) is 18.5 Å². The maximum atomic E-state index is 12.6. The third kappa shape index (κ3) is 3.83. The summed E-state index contributed by atoms with van der Waals surface area (Å²) in [6.07, 6.45) is 4.61. The number of hydrogen-bond donors (Lipinski definition) is 0. The number of nitro groups is 1. The summed E-state index contributed by atoms with van der Waals surface area (Å²) in [5.74, 6) is -0.719. The number of amides is 1. The van der Waals surface area contributed by atoms with Gasteiger partial charge in [-0.1, -0.05) is 4.98 Å². The summed E-state index contributed by atoms with van der Waals surface area (Å²) in [7, 11) is 1.70. The van der Waals surface area contributed by atoms with E-state index in [4.69, 9.17) is 0 Å². The maximum absolute atomic E-state index is 12.6. The Morgan fingerprint density at radius 3 is 2.74 bits per heavy atom. The Bertz CT molecular complexity index is 971. The number of carbonyl (C=O) groups is 1. The first-order valence-corrected chi connectivity index (χ1v) is 8.23. The zero-order chi connectivity index (χ0) is 19.6. The molecule has 12 nitrogen and oxygen atoms in total. The van der Waals surface area contributed by atoms with Crippen molar-refractivity contribution in [1.82, 2.24) is 39.2 Å². The lowest BCUT2D eigenvalue weighted by atomic mass is 10.2. The molecule has 3 rings (SSSR count). The lowest BCUT2D eigenvalue weighted by molar-refractivity contribution is -0.394. The number of hydrogen-bond acceptors (Lipinski definition) is 7. The number of aromatic nitrogens is 7. The number of rotatable bonds is 7. The maximum Gasteiger partial charge on any atom is 0.491 e. The van der Waals surface area contributed by atoms with E-state index in [1.54, 1.807) is 30.4 Å². The van der Waals surface area contributed by atoms with Crippen molar-refractivity contribution in [3.05, 3.63) is 51.9 Å². The number of nitrogens with zero attached hydrogens (tertiary/aromatic N) is 9. The van der Waals surface area contributed by atoms with Gasteiger partial charge in [0, 0.05) is 42.7 Å². The highest BCUT2D eigenvalue weighted by molar-refractivity contribution is 5.91. The molecule has 12 heteroatoms. The second kappa shape index (κ2) is 7.35. The summed E-state index contributed by atoms with van der Waals surface area (Å²) in [5.41, 5.74) is 2.27. The van der Waals surface area contributed by atoms with Crippen LogP contribution >= 0.6 is 0 Å². The highest BCUT2D eigenvalue weighted by Crippen LogP contribution is 2.12. The summed E-state index contributed by atoms with van der Waals surface area (Å²) < 4.78 is 4.60. The Balaban J connectivity index is 1.66. The van der Waals surface area contributed by atoms with Gasteiger partial charge in [-0.15, -0.1) is 0 Å². The van der Waals surface area contributed by atoms with Gasteiger partial charge in [0.15, 0.2) is 6.67 Å². The molecular formula is C15H19N9O3. The van der Waals surface area contributed by atoms with Crippen LogP contribution < -0.4 is 0 Å². The summed E-state index contributed by atoms with van der Waals surface area (Å²) in [6, 6.07) is 1.59. The van der Waals surface area contributed by atoms with Crippen LogP contribution in [-0.4, -0.2) is 57.1 Å². The Labute approximate surface area is 154 Å². The Morgan fingerprint density at radius 1 is 1.33 bits per heavy atom. The van der Waals surface area contributed by atoms with Crippen molar-refractivity contribution in [2.45, 2.75) is 33.6 Å². The van der Waals surface area contributed by atoms with Crippen molar-refractivity contribution in [2.24, 2.45) is 0 Å². The van der Waals surface area contributed by atoms with Crippen LogP contribution in [0.3, 0.4) is 0 Å².